The molecule has 8 nitrogen and oxygen atoms in total. The molecule has 1 saturated heterocycles. The summed E-state index contributed by atoms with van der Waals surface area (Å²) in [4.78, 5) is 34.6. The maximum absolute atomic E-state index is 13.1. The average Bonchev–Trinajstić information content (AvgIpc) is 3.11. The van der Waals surface area contributed by atoms with Gasteiger partial charge in [-0.05, 0) is 55.1 Å². The van der Waals surface area contributed by atoms with Crippen molar-refractivity contribution in [1.82, 2.24) is 19.4 Å². The first-order chi connectivity index (χ1) is 17.6. The molecule has 0 aliphatic carbocycles. The number of hydrogen-bond donors (Lipinski definition) is 0. The maximum Gasteiger partial charge on any atom is 0.261 e. The Labute approximate surface area is 211 Å². The number of carbonyl (C=O) groups is 1. The van der Waals surface area contributed by atoms with E-state index in [-0.39, 0.29) is 17.9 Å². The number of rotatable bonds is 7. The third-order valence-corrected chi connectivity index (χ3v) is 7.17. The molecule has 0 saturated carbocycles. The van der Waals surface area contributed by atoms with Crippen LogP contribution in [0.2, 0.25) is 0 Å². The second kappa shape index (κ2) is 11.2. The lowest BCUT2D eigenvalue weighted by atomic mass is 9.98. The fraction of sp³-hybridized carbons (Fsp3) is 0.464. The third kappa shape index (κ3) is 5.60. The summed E-state index contributed by atoms with van der Waals surface area (Å²) in [5, 5.41) is 0.569. The maximum atomic E-state index is 13.1. The van der Waals surface area contributed by atoms with Gasteiger partial charge >= 0.3 is 0 Å². The molecule has 190 valence electrons. The monoisotopic (exact) mass is 490 g/mol. The van der Waals surface area contributed by atoms with Gasteiger partial charge in [0.05, 0.1) is 30.4 Å². The van der Waals surface area contributed by atoms with Gasteiger partial charge in [-0.1, -0.05) is 18.2 Å². The van der Waals surface area contributed by atoms with Gasteiger partial charge in [-0.25, -0.2) is 4.98 Å². The summed E-state index contributed by atoms with van der Waals surface area (Å²) in [6, 6.07) is 13.6. The molecule has 5 rings (SSSR count). The molecule has 3 aromatic rings. The Kier molecular flexibility index (Phi) is 7.63. The first-order valence-electron chi connectivity index (χ1n) is 12.8. The zero-order valence-electron chi connectivity index (χ0n) is 20.9. The van der Waals surface area contributed by atoms with Crippen LogP contribution in [0.15, 0.2) is 53.6 Å². The Morgan fingerprint density at radius 2 is 2.08 bits per heavy atom. The molecule has 1 amide bonds. The number of piperidine rings is 1. The molecule has 1 fully saturated rings. The van der Waals surface area contributed by atoms with Crippen LogP contribution in [-0.2, 0) is 29.2 Å². The second-order valence-corrected chi connectivity index (χ2v) is 9.81. The van der Waals surface area contributed by atoms with Crippen molar-refractivity contribution in [2.75, 3.05) is 40.0 Å². The molecule has 2 aromatic carbocycles. The Hall–Kier alpha value is -3.23. The number of benzene rings is 2. The number of hydrogen-bond acceptors (Lipinski definition) is 6. The van der Waals surface area contributed by atoms with Crippen molar-refractivity contribution in [2.45, 2.75) is 38.9 Å². The van der Waals surface area contributed by atoms with Crippen molar-refractivity contribution in [3.8, 4) is 5.75 Å². The van der Waals surface area contributed by atoms with Crippen molar-refractivity contribution in [3.05, 3.63) is 70.3 Å². The van der Waals surface area contributed by atoms with E-state index in [0.717, 1.165) is 37.6 Å². The van der Waals surface area contributed by atoms with Gasteiger partial charge in [-0.15, -0.1) is 0 Å². The van der Waals surface area contributed by atoms with Crippen LogP contribution in [0.25, 0.3) is 10.9 Å². The highest BCUT2D eigenvalue weighted by atomic mass is 16.5. The van der Waals surface area contributed by atoms with E-state index in [4.69, 9.17) is 9.47 Å². The second-order valence-electron chi connectivity index (χ2n) is 9.81. The molecule has 0 unspecified atom stereocenters. The summed E-state index contributed by atoms with van der Waals surface area (Å²) >= 11 is 0. The molecule has 36 heavy (non-hydrogen) atoms. The molecule has 1 atom stereocenters. The van der Waals surface area contributed by atoms with Crippen molar-refractivity contribution in [1.29, 1.82) is 0 Å². The van der Waals surface area contributed by atoms with Crippen LogP contribution in [0.4, 0.5) is 0 Å². The van der Waals surface area contributed by atoms with Gasteiger partial charge in [0.1, 0.15) is 12.4 Å². The van der Waals surface area contributed by atoms with Crippen molar-refractivity contribution < 1.29 is 14.3 Å². The minimum Gasteiger partial charge on any atom is -0.491 e. The molecule has 0 bridgehead atoms. The van der Waals surface area contributed by atoms with Crippen molar-refractivity contribution in [3.63, 3.8) is 0 Å². The van der Waals surface area contributed by atoms with Crippen LogP contribution in [0.5, 0.6) is 5.75 Å². The van der Waals surface area contributed by atoms with Crippen LogP contribution in [0.1, 0.15) is 30.4 Å². The number of carbonyl (C=O) groups excluding carboxylic acids is 1. The molecule has 0 N–H and O–H groups in total. The summed E-state index contributed by atoms with van der Waals surface area (Å²) in [6.07, 6.45) is 4.19. The molecule has 0 radical (unpaired) electrons. The summed E-state index contributed by atoms with van der Waals surface area (Å²) in [5.41, 5.74) is 2.82. The van der Waals surface area contributed by atoms with Crippen LogP contribution in [0.3, 0.4) is 0 Å². The number of nitrogens with zero attached hydrogens (tertiary/aromatic N) is 4. The highest BCUT2D eigenvalue weighted by Gasteiger charge is 2.23. The summed E-state index contributed by atoms with van der Waals surface area (Å²) < 4.78 is 12.9. The highest BCUT2D eigenvalue weighted by Crippen LogP contribution is 2.26. The fourth-order valence-electron chi connectivity index (χ4n) is 5.32. The minimum atomic E-state index is -0.118. The van der Waals surface area contributed by atoms with Gasteiger partial charge in [0, 0.05) is 45.3 Å². The number of para-hydroxylation sites is 1. The molecule has 3 heterocycles. The Morgan fingerprint density at radius 1 is 1.19 bits per heavy atom. The topological polar surface area (TPSA) is 76.9 Å². The van der Waals surface area contributed by atoms with E-state index in [1.807, 2.05) is 29.2 Å². The van der Waals surface area contributed by atoms with Gasteiger partial charge in [0.25, 0.3) is 5.56 Å². The number of likely N-dealkylation sites (tertiary alicyclic amines) is 1. The summed E-state index contributed by atoms with van der Waals surface area (Å²) in [5.74, 6) is 1.45. The van der Waals surface area contributed by atoms with Gasteiger partial charge in [0.2, 0.25) is 5.91 Å². The standard InChI is InChI=1S/C28H34N4O4/c1-35-19-22-5-4-11-30(17-22)16-21-8-9-26-23(15-21)18-31(13-14-36-26)27(33)10-12-32-20-29-25-7-3-2-6-24(25)28(32)34/h2-3,6-9,15,20,22H,4-5,10-14,16-19H2,1H3/t22-/m1/s1. The molecule has 1 aromatic heterocycles. The van der Waals surface area contributed by atoms with E-state index >= 15 is 0 Å². The largest absolute Gasteiger partial charge is 0.491 e. The lowest BCUT2D eigenvalue weighted by Crippen LogP contribution is -2.36. The highest BCUT2D eigenvalue weighted by molar-refractivity contribution is 5.77. The van der Waals surface area contributed by atoms with E-state index in [9.17, 15) is 9.59 Å². The van der Waals surface area contributed by atoms with Crippen LogP contribution in [-0.4, -0.2) is 65.2 Å². The van der Waals surface area contributed by atoms with E-state index in [0.29, 0.717) is 43.1 Å². The quantitative estimate of drug-likeness (QED) is 0.507. The first-order valence-corrected chi connectivity index (χ1v) is 12.8. The SMILES string of the molecule is COC[C@@H]1CCCN(Cc2ccc3c(c2)CN(C(=O)CCn2cnc4ccccc4c2=O)CCO3)C1. The third-order valence-electron chi connectivity index (χ3n) is 7.17. The normalized spacial score (nSPS) is 18.5. The van der Waals surface area contributed by atoms with Crippen molar-refractivity contribution in [2.24, 2.45) is 5.92 Å². The van der Waals surface area contributed by atoms with Gasteiger partial charge in [-0.3, -0.25) is 19.1 Å². The first kappa shape index (κ1) is 24.5. The molecule has 0 spiro atoms. The Balaban J connectivity index is 1.23. The van der Waals surface area contributed by atoms with Gasteiger partial charge in [0.15, 0.2) is 0 Å². The predicted molar refractivity (Wildman–Crippen MR) is 138 cm³/mol. The van der Waals surface area contributed by atoms with E-state index in [1.165, 1.54) is 29.3 Å². The predicted octanol–water partition coefficient (Wildman–Crippen LogP) is 3.07. The number of ether oxygens (including phenoxy) is 2. The molecule has 8 heteroatoms. The zero-order chi connectivity index (χ0) is 24.9. The lowest BCUT2D eigenvalue weighted by molar-refractivity contribution is -0.132. The Bertz CT molecular complexity index is 1270. The Morgan fingerprint density at radius 3 is 2.97 bits per heavy atom. The fourth-order valence-corrected chi connectivity index (χ4v) is 5.32. The molecular formula is C28H34N4O4. The molecular weight excluding hydrogens is 456 g/mol. The summed E-state index contributed by atoms with van der Waals surface area (Å²) in [6.45, 7) is 5.65. The van der Waals surface area contributed by atoms with E-state index < -0.39 is 0 Å². The lowest BCUT2D eigenvalue weighted by Gasteiger charge is -2.32. The van der Waals surface area contributed by atoms with Gasteiger partial charge < -0.3 is 14.4 Å². The average molecular weight is 491 g/mol. The van der Waals surface area contributed by atoms with Crippen LogP contribution < -0.4 is 10.3 Å². The minimum absolute atomic E-state index is 0.00958. The number of aryl methyl sites for hydroxylation is 1. The number of fused-ring (bicyclic) bond motifs is 2. The summed E-state index contributed by atoms with van der Waals surface area (Å²) in [7, 11) is 1.77. The van der Waals surface area contributed by atoms with Gasteiger partial charge in [-0.2, -0.15) is 0 Å². The molecule has 2 aliphatic rings. The van der Waals surface area contributed by atoms with E-state index in [1.54, 1.807) is 13.2 Å². The molecule has 2 aliphatic heterocycles. The zero-order valence-corrected chi connectivity index (χ0v) is 20.9. The number of methoxy groups -OCH3 is 1. The van der Waals surface area contributed by atoms with Crippen LogP contribution >= 0.6 is 0 Å². The smallest absolute Gasteiger partial charge is 0.261 e. The number of aromatic nitrogens is 2. The van der Waals surface area contributed by atoms with Crippen molar-refractivity contribution >= 4 is 16.8 Å². The van der Waals surface area contributed by atoms with Crippen LogP contribution in [0, 0.1) is 5.92 Å². The van der Waals surface area contributed by atoms with E-state index in [2.05, 4.69) is 22.0 Å². The number of amides is 1.